The molecule has 1 N–H and O–H groups in total. The van der Waals surface area contributed by atoms with E-state index in [0.717, 1.165) is 17.4 Å². The van der Waals surface area contributed by atoms with Crippen molar-refractivity contribution < 1.29 is 0 Å². The number of nitrogens with zero attached hydrogens (tertiary/aromatic N) is 3. The predicted molar refractivity (Wildman–Crippen MR) is 77.3 cm³/mol. The van der Waals surface area contributed by atoms with E-state index in [9.17, 15) is 0 Å². The summed E-state index contributed by atoms with van der Waals surface area (Å²) >= 11 is 1.81. The van der Waals surface area contributed by atoms with Crippen molar-refractivity contribution in [2.45, 2.75) is 29.8 Å². The first-order valence-corrected chi connectivity index (χ1v) is 7.36. The number of aryl methyl sites for hydroxylation is 1. The van der Waals surface area contributed by atoms with E-state index < -0.39 is 0 Å². The summed E-state index contributed by atoms with van der Waals surface area (Å²) in [7, 11) is 4.05. The number of benzene rings is 1. The zero-order chi connectivity index (χ0) is 13.4. The Kier molecular flexibility index (Phi) is 3.33. The summed E-state index contributed by atoms with van der Waals surface area (Å²) < 4.78 is 2.06. The van der Waals surface area contributed by atoms with Gasteiger partial charge < -0.3 is 9.88 Å². The highest BCUT2D eigenvalue weighted by Crippen LogP contribution is 2.40. The molecule has 100 valence electrons. The second kappa shape index (κ2) is 4.98. The fourth-order valence-corrected chi connectivity index (χ4v) is 3.97. The molecule has 0 spiro atoms. The second-order valence-corrected chi connectivity index (χ2v) is 6.12. The minimum atomic E-state index is 0.387. The van der Waals surface area contributed by atoms with Crippen molar-refractivity contribution in [3.63, 3.8) is 0 Å². The molecule has 0 bridgehead atoms. The van der Waals surface area contributed by atoms with E-state index in [2.05, 4.69) is 44.3 Å². The summed E-state index contributed by atoms with van der Waals surface area (Å²) in [5, 5.41) is 13.3. The SMILES string of the molecule is CNC1c2ccccc2CC1Sc1nnc(C)n1C. The number of aromatic nitrogens is 3. The Morgan fingerprint density at radius 2 is 2.11 bits per heavy atom. The molecule has 0 aliphatic heterocycles. The van der Waals surface area contributed by atoms with Crippen LogP contribution in [0.3, 0.4) is 0 Å². The zero-order valence-corrected chi connectivity index (χ0v) is 12.2. The van der Waals surface area contributed by atoms with Crippen LogP contribution in [0.4, 0.5) is 0 Å². The van der Waals surface area contributed by atoms with E-state index in [1.54, 1.807) is 0 Å². The van der Waals surface area contributed by atoms with E-state index in [1.165, 1.54) is 11.1 Å². The van der Waals surface area contributed by atoms with E-state index in [4.69, 9.17) is 0 Å². The molecule has 2 atom stereocenters. The molecule has 2 unspecified atom stereocenters. The van der Waals surface area contributed by atoms with Crippen molar-refractivity contribution in [1.82, 2.24) is 20.1 Å². The monoisotopic (exact) mass is 274 g/mol. The van der Waals surface area contributed by atoms with Gasteiger partial charge in [-0.15, -0.1) is 10.2 Å². The van der Waals surface area contributed by atoms with Gasteiger partial charge in [0, 0.05) is 18.3 Å². The van der Waals surface area contributed by atoms with Crippen LogP contribution in [-0.4, -0.2) is 27.1 Å². The zero-order valence-electron chi connectivity index (χ0n) is 11.4. The topological polar surface area (TPSA) is 42.7 Å². The predicted octanol–water partition coefficient (Wildman–Crippen LogP) is 2.10. The molecule has 0 saturated carbocycles. The first-order valence-electron chi connectivity index (χ1n) is 6.48. The molecule has 2 aromatic rings. The van der Waals surface area contributed by atoms with Crippen LogP contribution in [-0.2, 0) is 13.5 Å². The average Bonchev–Trinajstić information content (AvgIpc) is 2.93. The smallest absolute Gasteiger partial charge is 0.191 e. The van der Waals surface area contributed by atoms with Crippen molar-refractivity contribution in [3.8, 4) is 0 Å². The van der Waals surface area contributed by atoms with Crippen molar-refractivity contribution in [2.24, 2.45) is 7.05 Å². The number of nitrogens with one attached hydrogen (secondary N) is 1. The molecule has 0 amide bonds. The molecule has 3 rings (SSSR count). The third-order valence-corrected chi connectivity index (χ3v) is 5.11. The standard InChI is InChI=1S/C14H18N4S/c1-9-16-17-14(18(9)3)19-12-8-10-6-4-5-7-11(10)13(12)15-2/h4-7,12-13,15H,8H2,1-3H3. The summed E-state index contributed by atoms with van der Waals surface area (Å²) in [5.74, 6) is 0.957. The van der Waals surface area contributed by atoms with Crippen LogP contribution < -0.4 is 5.32 Å². The molecule has 1 aliphatic rings. The molecule has 1 aliphatic carbocycles. The Hall–Kier alpha value is -1.33. The van der Waals surface area contributed by atoms with Crippen molar-refractivity contribution in [1.29, 1.82) is 0 Å². The molecule has 0 saturated heterocycles. The van der Waals surface area contributed by atoms with Crippen LogP contribution in [0.5, 0.6) is 0 Å². The highest BCUT2D eigenvalue weighted by molar-refractivity contribution is 7.99. The lowest BCUT2D eigenvalue weighted by Crippen LogP contribution is -2.23. The van der Waals surface area contributed by atoms with Crippen LogP contribution in [0, 0.1) is 6.92 Å². The lowest BCUT2D eigenvalue weighted by atomic mass is 10.1. The van der Waals surface area contributed by atoms with Gasteiger partial charge in [0.15, 0.2) is 5.16 Å². The molecule has 1 heterocycles. The number of hydrogen-bond donors (Lipinski definition) is 1. The van der Waals surface area contributed by atoms with Gasteiger partial charge in [-0.3, -0.25) is 0 Å². The van der Waals surface area contributed by atoms with Gasteiger partial charge in [0.25, 0.3) is 0 Å². The van der Waals surface area contributed by atoms with Gasteiger partial charge in [-0.25, -0.2) is 0 Å². The number of thioether (sulfide) groups is 1. The Morgan fingerprint density at radius 3 is 2.79 bits per heavy atom. The first-order chi connectivity index (χ1) is 9.20. The molecule has 0 fully saturated rings. The lowest BCUT2D eigenvalue weighted by molar-refractivity contribution is 0.600. The van der Waals surface area contributed by atoms with Gasteiger partial charge in [-0.05, 0) is 31.5 Å². The lowest BCUT2D eigenvalue weighted by Gasteiger charge is -2.18. The summed E-state index contributed by atoms with van der Waals surface area (Å²) in [6.07, 6.45) is 1.08. The van der Waals surface area contributed by atoms with Crippen molar-refractivity contribution in [3.05, 3.63) is 41.2 Å². The third-order valence-electron chi connectivity index (χ3n) is 3.80. The molecule has 1 aromatic carbocycles. The Labute approximate surface area is 117 Å². The third kappa shape index (κ3) is 2.17. The molecular weight excluding hydrogens is 256 g/mol. The van der Waals surface area contributed by atoms with E-state index in [0.29, 0.717) is 11.3 Å². The summed E-state index contributed by atoms with van der Waals surface area (Å²) in [5.41, 5.74) is 2.86. The fraction of sp³-hybridized carbons (Fsp3) is 0.429. The average molecular weight is 274 g/mol. The molecule has 0 radical (unpaired) electrons. The maximum atomic E-state index is 4.26. The molecule has 1 aromatic heterocycles. The van der Waals surface area contributed by atoms with E-state index >= 15 is 0 Å². The molecular formula is C14H18N4S. The largest absolute Gasteiger partial charge is 0.312 e. The number of hydrogen-bond acceptors (Lipinski definition) is 4. The Bertz CT molecular complexity index is 593. The van der Waals surface area contributed by atoms with Crippen LogP contribution in [0.25, 0.3) is 0 Å². The normalized spacial score (nSPS) is 21.6. The number of fused-ring (bicyclic) bond motifs is 1. The van der Waals surface area contributed by atoms with Gasteiger partial charge in [-0.2, -0.15) is 0 Å². The fourth-order valence-electron chi connectivity index (χ4n) is 2.64. The summed E-state index contributed by atoms with van der Waals surface area (Å²) in [4.78, 5) is 0. The number of rotatable bonds is 3. The first kappa shape index (κ1) is 12.7. The van der Waals surface area contributed by atoms with Gasteiger partial charge in [0.2, 0.25) is 0 Å². The van der Waals surface area contributed by atoms with Gasteiger partial charge >= 0.3 is 0 Å². The quantitative estimate of drug-likeness (QED) is 0.931. The Morgan fingerprint density at radius 1 is 1.32 bits per heavy atom. The van der Waals surface area contributed by atoms with Crippen LogP contribution in [0.2, 0.25) is 0 Å². The van der Waals surface area contributed by atoms with Crippen LogP contribution in [0.15, 0.2) is 29.4 Å². The molecule has 4 nitrogen and oxygen atoms in total. The van der Waals surface area contributed by atoms with Gasteiger partial charge in [0.1, 0.15) is 5.82 Å². The summed E-state index contributed by atoms with van der Waals surface area (Å²) in [6.45, 7) is 1.98. The highest BCUT2D eigenvalue weighted by atomic mass is 32.2. The van der Waals surface area contributed by atoms with Crippen molar-refractivity contribution in [2.75, 3.05) is 7.05 Å². The van der Waals surface area contributed by atoms with Crippen LogP contribution >= 0.6 is 11.8 Å². The minimum Gasteiger partial charge on any atom is -0.312 e. The van der Waals surface area contributed by atoms with E-state index in [-0.39, 0.29) is 0 Å². The van der Waals surface area contributed by atoms with Crippen LogP contribution in [0.1, 0.15) is 23.0 Å². The Balaban J connectivity index is 1.85. The maximum Gasteiger partial charge on any atom is 0.191 e. The molecule has 5 heteroatoms. The summed E-state index contributed by atoms with van der Waals surface area (Å²) in [6, 6.07) is 9.06. The van der Waals surface area contributed by atoms with E-state index in [1.807, 2.05) is 32.8 Å². The minimum absolute atomic E-state index is 0.387. The van der Waals surface area contributed by atoms with Gasteiger partial charge in [0.05, 0.1) is 0 Å². The van der Waals surface area contributed by atoms with Gasteiger partial charge in [-0.1, -0.05) is 36.0 Å². The second-order valence-electron chi connectivity index (χ2n) is 4.91. The maximum absolute atomic E-state index is 4.26. The van der Waals surface area contributed by atoms with Crippen molar-refractivity contribution >= 4 is 11.8 Å². The molecule has 19 heavy (non-hydrogen) atoms. The highest BCUT2D eigenvalue weighted by Gasteiger charge is 2.32.